The molecular formula is C14H20FNO. The highest BCUT2D eigenvalue weighted by Gasteiger charge is 2.17. The maximum absolute atomic E-state index is 13.3. The third-order valence-corrected chi connectivity index (χ3v) is 3.55. The van der Waals surface area contributed by atoms with Gasteiger partial charge in [-0.05, 0) is 50.8 Å². The predicted molar refractivity (Wildman–Crippen MR) is 66.9 cm³/mol. The molecule has 17 heavy (non-hydrogen) atoms. The highest BCUT2D eigenvalue weighted by molar-refractivity contribution is 5.41. The van der Waals surface area contributed by atoms with Crippen molar-refractivity contribution in [3.8, 4) is 5.75 Å². The van der Waals surface area contributed by atoms with Gasteiger partial charge in [-0.2, -0.15) is 0 Å². The number of alkyl halides is 1. The van der Waals surface area contributed by atoms with Crippen LogP contribution in [0, 0.1) is 5.92 Å². The van der Waals surface area contributed by atoms with Crippen molar-refractivity contribution < 1.29 is 9.50 Å². The van der Waals surface area contributed by atoms with Crippen LogP contribution in [0.3, 0.4) is 0 Å². The number of para-hydroxylation sites is 1. The summed E-state index contributed by atoms with van der Waals surface area (Å²) in [6.45, 7) is 3.55. The molecule has 0 aliphatic carbocycles. The van der Waals surface area contributed by atoms with E-state index in [4.69, 9.17) is 0 Å². The van der Waals surface area contributed by atoms with E-state index >= 15 is 0 Å². The van der Waals surface area contributed by atoms with E-state index in [9.17, 15) is 9.50 Å². The van der Waals surface area contributed by atoms with Gasteiger partial charge in [0.1, 0.15) is 11.9 Å². The zero-order valence-electron chi connectivity index (χ0n) is 10.2. The van der Waals surface area contributed by atoms with Gasteiger partial charge in [0, 0.05) is 5.56 Å². The van der Waals surface area contributed by atoms with Crippen molar-refractivity contribution in [2.24, 2.45) is 5.92 Å². The molecule has 2 rings (SSSR count). The monoisotopic (exact) mass is 237 g/mol. The molecule has 3 heteroatoms. The Morgan fingerprint density at radius 3 is 2.76 bits per heavy atom. The number of halogens is 1. The van der Waals surface area contributed by atoms with E-state index in [0.29, 0.717) is 11.5 Å². The Balaban J connectivity index is 2.12. The number of hydrogen-bond acceptors (Lipinski definition) is 2. The van der Waals surface area contributed by atoms with Gasteiger partial charge >= 0.3 is 0 Å². The van der Waals surface area contributed by atoms with Gasteiger partial charge in [-0.1, -0.05) is 18.2 Å². The normalized spacial score (nSPS) is 19.2. The number of phenolic OH excluding ortho intramolecular Hbond substituents is 1. The Hall–Kier alpha value is -1.09. The van der Waals surface area contributed by atoms with Crippen LogP contribution >= 0.6 is 0 Å². The quantitative estimate of drug-likeness (QED) is 0.847. The van der Waals surface area contributed by atoms with Crippen LogP contribution in [-0.4, -0.2) is 18.2 Å². The summed E-state index contributed by atoms with van der Waals surface area (Å²) in [6, 6.07) is 5.40. The molecule has 0 amide bonds. The van der Waals surface area contributed by atoms with Crippen LogP contribution in [0.15, 0.2) is 18.2 Å². The average molecular weight is 237 g/mol. The molecule has 1 atom stereocenters. The summed E-state index contributed by atoms with van der Waals surface area (Å²) < 4.78 is 13.3. The first-order chi connectivity index (χ1) is 8.18. The molecule has 0 radical (unpaired) electrons. The molecular weight excluding hydrogens is 217 g/mol. The van der Waals surface area contributed by atoms with E-state index < -0.39 is 6.17 Å². The first kappa shape index (κ1) is 12.4. The lowest BCUT2D eigenvalue weighted by Crippen LogP contribution is -2.28. The highest BCUT2D eigenvalue weighted by atomic mass is 19.1. The Bertz CT molecular complexity index is 372. The van der Waals surface area contributed by atoms with E-state index in [1.165, 1.54) is 6.92 Å². The lowest BCUT2D eigenvalue weighted by Gasteiger charge is -2.23. The summed E-state index contributed by atoms with van der Waals surface area (Å²) in [5.41, 5.74) is 1.30. The van der Waals surface area contributed by atoms with Crippen molar-refractivity contribution in [1.82, 2.24) is 5.32 Å². The third kappa shape index (κ3) is 2.97. The molecule has 2 N–H and O–H groups in total. The highest BCUT2D eigenvalue weighted by Crippen LogP contribution is 2.32. The zero-order chi connectivity index (χ0) is 12.3. The molecule has 1 aliphatic rings. The Morgan fingerprint density at radius 1 is 1.41 bits per heavy atom. The van der Waals surface area contributed by atoms with E-state index in [2.05, 4.69) is 5.32 Å². The molecule has 94 valence electrons. The van der Waals surface area contributed by atoms with Crippen molar-refractivity contribution in [3.05, 3.63) is 29.3 Å². The first-order valence-corrected chi connectivity index (χ1v) is 6.34. The molecule has 1 unspecified atom stereocenters. The van der Waals surface area contributed by atoms with Crippen LogP contribution in [0.2, 0.25) is 0 Å². The topological polar surface area (TPSA) is 32.3 Å². The number of phenols is 1. The van der Waals surface area contributed by atoms with Crippen LogP contribution in [-0.2, 0) is 6.42 Å². The van der Waals surface area contributed by atoms with Crippen LogP contribution < -0.4 is 5.32 Å². The number of aromatic hydroxyl groups is 1. The molecule has 1 aliphatic heterocycles. The molecule has 0 saturated carbocycles. The van der Waals surface area contributed by atoms with E-state index in [1.54, 1.807) is 6.07 Å². The van der Waals surface area contributed by atoms with Crippen molar-refractivity contribution in [2.45, 2.75) is 32.4 Å². The van der Waals surface area contributed by atoms with Crippen molar-refractivity contribution in [2.75, 3.05) is 13.1 Å². The molecule has 1 aromatic rings. The summed E-state index contributed by atoms with van der Waals surface area (Å²) >= 11 is 0. The summed E-state index contributed by atoms with van der Waals surface area (Å²) in [5.74, 6) is 0.758. The fraction of sp³-hybridized carbons (Fsp3) is 0.571. The number of nitrogens with one attached hydrogen (secondary N) is 1. The fourth-order valence-corrected chi connectivity index (χ4v) is 2.49. The lowest BCUT2D eigenvalue weighted by atomic mass is 9.89. The van der Waals surface area contributed by atoms with Crippen LogP contribution in [0.25, 0.3) is 0 Å². The van der Waals surface area contributed by atoms with Gasteiger partial charge in [-0.3, -0.25) is 0 Å². The van der Waals surface area contributed by atoms with Gasteiger partial charge in [0.25, 0.3) is 0 Å². The van der Waals surface area contributed by atoms with Gasteiger partial charge in [-0.15, -0.1) is 0 Å². The van der Waals surface area contributed by atoms with Crippen LogP contribution in [0.1, 0.15) is 37.1 Å². The van der Waals surface area contributed by atoms with Gasteiger partial charge in [0.2, 0.25) is 0 Å². The van der Waals surface area contributed by atoms with Gasteiger partial charge in [0.15, 0.2) is 0 Å². The molecule has 1 aromatic carbocycles. The average Bonchev–Trinajstić information content (AvgIpc) is 2.33. The van der Waals surface area contributed by atoms with Crippen molar-refractivity contribution in [1.29, 1.82) is 0 Å². The number of piperidine rings is 1. The lowest BCUT2D eigenvalue weighted by molar-refractivity contribution is 0.346. The van der Waals surface area contributed by atoms with Crippen molar-refractivity contribution >= 4 is 0 Å². The minimum Gasteiger partial charge on any atom is -0.507 e. The Labute approximate surface area is 102 Å². The molecule has 2 nitrogen and oxygen atoms in total. The molecule has 1 heterocycles. The second-order valence-corrected chi connectivity index (χ2v) is 4.87. The summed E-state index contributed by atoms with van der Waals surface area (Å²) in [7, 11) is 0. The molecule has 0 bridgehead atoms. The smallest absolute Gasteiger partial charge is 0.126 e. The maximum atomic E-state index is 13.3. The number of benzene rings is 1. The minimum atomic E-state index is -1.11. The predicted octanol–water partition coefficient (Wildman–Crippen LogP) is 2.96. The van der Waals surface area contributed by atoms with Crippen LogP contribution in [0.4, 0.5) is 4.39 Å². The standard InChI is InChI=1S/C14H20FNO/c1-10(15)13-4-2-3-12(14(13)17)9-11-5-7-16-8-6-11/h2-4,10-11,16-17H,5-9H2,1H3. The molecule has 1 saturated heterocycles. The first-order valence-electron chi connectivity index (χ1n) is 6.34. The summed E-state index contributed by atoms with van der Waals surface area (Å²) in [6.07, 6.45) is 2.01. The number of rotatable bonds is 3. The molecule has 0 spiro atoms. The van der Waals surface area contributed by atoms with Gasteiger partial charge in [-0.25, -0.2) is 4.39 Å². The summed E-state index contributed by atoms with van der Waals surface area (Å²) in [4.78, 5) is 0. The SMILES string of the molecule is CC(F)c1cccc(CC2CCNCC2)c1O. The molecule has 1 fully saturated rings. The largest absolute Gasteiger partial charge is 0.507 e. The second kappa shape index (κ2) is 5.50. The van der Waals surface area contributed by atoms with Crippen LogP contribution in [0.5, 0.6) is 5.75 Å². The third-order valence-electron chi connectivity index (χ3n) is 3.55. The number of hydrogen-bond donors (Lipinski definition) is 2. The van der Waals surface area contributed by atoms with Gasteiger partial charge < -0.3 is 10.4 Å². The molecule has 0 aromatic heterocycles. The zero-order valence-corrected chi connectivity index (χ0v) is 10.2. The van der Waals surface area contributed by atoms with E-state index in [-0.39, 0.29) is 5.75 Å². The Kier molecular flexibility index (Phi) is 4.00. The Morgan fingerprint density at radius 2 is 2.12 bits per heavy atom. The second-order valence-electron chi connectivity index (χ2n) is 4.87. The van der Waals surface area contributed by atoms with Crippen molar-refractivity contribution in [3.63, 3.8) is 0 Å². The maximum Gasteiger partial charge on any atom is 0.126 e. The van der Waals surface area contributed by atoms with E-state index in [1.807, 2.05) is 12.1 Å². The fourth-order valence-electron chi connectivity index (χ4n) is 2.49. The summed E-state index contributed by atoms with van der Waals surface area (Å²) in [5, 5.41) is 13.4. The minimum absolute atomic E-state index is 0.154. The van der Waals surface area contributed by atoms with E-state index in [0.717, 1.165) is 37.9 Å². The van der Waals surface area contributed by atoms with Gasteiger partial charge in [0.05, 0.1) is 0 Å².